The van der Waals surface area contributed by atoms with Crippen LogP contribution in [0.1, 0.15) is 0 Å². The second-order valence-electron chi connectivity index (χ2n) is 8.94. The molecule has 7 rings (SSSR count). The van der Waals surface area contributed by atoms with Crippen LogP contribution in [0, 0.1) is 0 Å². The van der Waals surface area contributed by atoms with E-state index in [4.69, 9.17) is 4.42 Å². The average Bonchev–Trinajstić information content (AvgIpc) is 3.27. The van der Waals surface area contributed by atoms with Crippen molar-refractivity contribution in [2.24, 2.45) is 0 Å². The van der Waals surface area contributed by atoms with Crippen LogP contribution in [0.4, 0.5) is 0 Å². The van der Waals surface area contributed by atoms with Crippen molar-refractivity contribution in [1.29, 1.82) is 0 Å². The quantitative estimate of drug-likeness (QED) is 0.263. The lowest BCUT2D eigenvalue weighted by atomic mass is 9.95. The number of hydrogen-bond acceptors (Lipinski definition) is 1. The second kappa shape index (κ2) is 8.00. The van der Waals surface area contributed by atoms with Crippen LogP contribution in [0.5, 0.6) is 0 Å². The molecule has 0 unspecified atom stereocenters. The predicted molar refractivity (Wildman–Crippen MR) is 147 cm³/mol. The van der Waals surface area contributed by atoms with Crippen molar-refractivity contribution in [3.05, 3.63) is 133 Å². The number of benzene rings is 5. The lowest BCUT2D eigenvalue weighted by Crippen LogP contribution is -1.89. The van der Waals surface area contributed by atoms with Crippen LogP contribution in [0.25, 0.3) is 66.4 Å². The molecule has 164 valence electrons. The summed E-state index contributed by atoms with van der Waals surface area (Å²) < 4.78 is 6.79. The van der Waals surface area contributed by atoms with Gasteiger partial charge in [0, 0.05) is 16.7 Å². The molecule has 0 atom stereocenters. The molecule has 1 nitrogen and oxygen atoms in total. The molecule has 0 radical (unpaired) electrons. The largest absolute Gasteiger partial charge is 0.455 e. The maximum atomic E-state index is 6.79. The molecule has 0 bridgehead atoms. The van der Waals surface area contributed by atoms with Gasteiger partial charge < -0.3 is 4.42 Å². The Morgan fingerprint density at radius 3 is 1.74 bits per heavy atom. The summed E-state index contributed by atoms with van der Waals surface area (Å²) in [6.07, 6.45) is 0. The van der Waals surface area contributed by atoms with Crippen LogP contribution in [-0.2, 0) is 0 Å². The van der Waals surface area contributed by atoms with E-state index in [0.29, 0.717) is 0 Å². The predicted octanol–water partition coefficient (Wildman–Crippen LogP) is 9.69. The van der Waals surface area contributed by atoms with Crippen molar-refractivity contribution in [1.82, 2.24) is 0 Å². The van der Waals surface area contributed by atoms with Crippen molar-refractivity contribution in [2.75, 3.05) is 0 Å². The van der Waals surface area contributed by atoms with Gasteiger partial charge >= 0.3 is 0 Å². The summed E-state index contributed by atoms with van der Waals surface area (Å²) in [5.41, 5.74) is 6.93. The van der Waals surface area contributed by atoms with E-state index in [1.54, 1.807) is 0 Å². The van der Waals surface area contributed by atoms with Gasteiger partial charge in [0.15, 0.2) is 0 Å². The Hall–Kier alpha value is -4.62. The number of fused-ring (bicyclic) bond motifs is 4. The molecule has 1 aliphatic carbocycles. The Morgan fingerprint density at radius 1 is 0.400 bits per heavy atom. The summed E-state index contributed by atoms with van der Waals surface area (Å²) >= 11 is 0. The van der Waals surface area contributed by atoms with Crippen LogP contribution >= 0.6 is 0 Å². The molecule has 1 heteroatoms. The highest BCUT2D eigenvalue weighted by atomic mass is 16.3. The highest BCUT2D eigenvalue weighted by molar-refractivity contribution is 6.17. The minimum atomic E-state index is 0.870. The van der Waals surface area contributed by atoms with Crippen LogP contribution < -0.4 is 0 Å². The highest BCUT2D eigenvalue weighted by Gasteiger charge is 2.26. The summed E-state index contributed by atoms with van der Waals surface area (Å²) in [5.74, 6) is 1.80. The van der Waals surface area contributed by atoms with Crippen molar-refractivity contribution in [2.45, 2.75) is 0 Å². The van der Waals surface area contributed by atoms with Gasteiger partial charge in [0.1, 0.15) is 11.5 Å². The van der Waals surface area contributed by atoms with Crippen molar-refractivity contribution in [3.63, 3.8) is 0 Å². The molecule has 0 aromatic heterocycles. The van der Waals surface area contributed by atoms with Crippen molar-refractivity contribution < 1.29 is 4.42 Å². The Bertz CT molecular complexity index is 1770. The van der Waals surface area contributed by atoms with E-state index in [1.165, 1.54) is 38.2 Å². The van der Waals surface area contributed by atoms with Gasteiger partial charge in [0.05, 0.1) is 0 Å². The monoisotopic (exact) mass is 446 g/mol. The molecule has 5 aromatic rings. The third-order valence-electron chi connectivity index (χ3n) is 6.86. The molecule has 0 spiro atoms. The first-order valence-corrected chi connectivity index (χ1v) is 11.9. The first-order valence-electron chi connectivity index (χ1n) is 11.9. The molecule has 35 heavy (non-hydrogen) atoms. The fraction of sp³-hybridized carbons (Fsp3) is 0. The molecule has 0 amide bonds. The Labute approximate surface area is 204 Å². The molecule has 0 saturated heterocycles. The van der Waals surface area contributed by atoms with Crippen LogP contribution in [-0.4, -0.2) is 0 Å². The highest BCUT2D eigenvalue weighted by Crippen LogP contribution is 2.51. The fourth-order valence-corrected chi connectivity index (χ4v) is 5.22. The standard InChI is InChI=1S/C34H22O/c1-3-12-24(13-4-1)30-22-31(25-14-5-2-6-15-25)35-34-32(28-17-9-10-18-29(28)33(30)34)27-20-19-23-11-7-8-16-26(23)21-27/h1-22H. The van der Waals surface area contributed by atoms with E-state index in [1.807, 2.05) is 6.07 Å². The lowest BCUT2D eigenvalue weighted by molar-refractivity contribution is 0.585. The minimum Gasteiger partial charge on any atom is -0.455 e. The maximum Gasteiger partial charge on any atom is 0.144 e. The van der Waals surface area contributed by atoms with E-state index in [-0.39, 0.29) is 0 Å². The molecule has 2 aliphatic rings. The van der Waals surface area contributed by atoms with Crippen LogP contribution in [0.15, 0.2) is 138 Å². The fourth-order valence-electron chi connectivity index (χ4n) is 5.22. The van der Waals surface area contributed by atoms with Gasteiger partial charge in [0.2, 0.25) is 0 Å². The Balaban J connectivity index is 1.61. The SMILES string of the molecule is c1ccc(-c2cc(-c3ccccc3)c3c4ccccc4c(-c4ccc5ccccc5c4)c-3o2)cc1. The first kappa shape index (κ1) is 19.8. The third-order valence-corrected chi connectivity index (χ3v) is 6.86. The summed E-state index contributed by atoms with van der Waals surface area (Å²) in [4.78, 5) is 0. The summed E-state index contributed by atoms with van der Waals surface area (Å²) in [6.45, 7) is 0. The molecule has 1 aliphatic heterocycles. The second-order valence-corrected chi connectivity index (χ2v) is 8.94. The van der Waals surface area contributed by atoms with Crippen molar-refractivity contribution >= 4 is 21.5 Å². The zero-order valence-electron chi connectivity index (χ0n) is 19.1. The number of rotatable bonds is 3. The lowest BCUT2D eigenvalue weighted by Gasteiger charge is -2.14. The van der Waals surface area contributed by atoms with Crippen LogP contribution in [0.2, 0.25) is 0 Å². The van der Waals surface area contributed by atoms with Crippen LogP contribution in [0.3, 0.4) is 0 Å². The average molecular weight is 447 g/mol. The Morgan fingerprint density at radius 2 is 1.00 bits per heavy atom. The van der Waals surface area contributed by atoms with E-state index < -0.39 is 0 Å². The van der Waals surface area contributed by atoms with Gasteiger partial charge in [-0.3, -0.25) is 0 Å². The Kier molecular flexibility index (Phi) is 4.53. The van der Waals surface area contributed by atoms with Gasteiger partial charge in [-0.2, -0.15) is 0 Å². The zero-order valence-corrected chi connectivity index (χ0v) is 19.1. The van der Waals surface area contributed by atoms with Gasteiger partial charge in [-0.15, -0.1) is 0 Å². The van der Waals surface area contributed by atoms with E-state index in [0.717, 1.165) is 28.2 Å². The van der Waals surface area contributed by atoms with Gasteiger partial charge in [-0.1, -0.05) is 121 Å². The smallest absolute Gasteiger partial charge is 0.144 e. The molecule has 1 heterocycles. The van der Waals surface area contributed by atoms with E-state index in [2.05, 4.69) is 127 Å². The van der Waals surface area contributed by atoms with Gasteiger partial charge in [-0.05, 0) is 50.4 Å². The zero-order chi connectivity index (χ0) is 23.2. The van der Waals surface area contributed by atoms with E-state index in [9.17, 15) is 0 Å². The summed E-state index contributed by atoms with van der Waals surface area (Å²) in [7, 11) is 0. The third kappa shape index (κ3) is 3.25. The van der Waals surface area contributed by atoms with Gasteiger partial charge in [0.25, 0.3) is 0 Å². The molecule has 0 N–H and O–H groups in total. The molecule has 0 fully saturated rings. The number of hydrogen-bond donors (Lipinski definition) is 0. The molecule has 0 saturated carbocycles. The minimum absolute atomic E-state index is 0.870. The van der Waals surface area contributed by atoms with Gasteiger partial charge in [-0.25, -0.2) is 0 Å². The topological polar surface area (TPSA) is 13.1 Å². The summed E-state index contributed by atoms with van der Waals surface area (Å²) in [5, 5.41) is 4.89. The molecular weight excluding hydrogens is 424 g/mol. The molecular formula is C34H22O. The molecule has 5 aromatic carbocycles. The van der Waals surface area contributed by atoms with E-state index >= 15 is 0 Å². The normalized spacial score (nSPS) is 11.4. The first-order chi connectivity index (χ1) is 17.4. The summed E-state index contributed by atoms with van der Waals surface area (Å²) in [6, 6.07) is 47.1. The van der Waals surface area contributed by atoms with Crippen molar-refractivity contribution in [3.8, 4) is 44.9 Å². The maximum absolute atomic E-state index is 6.79.